The number of rotatable bonds is 8. The molecule has 0 atom stereocenters. The molecule has 0 aliphatic carbocycles. The van der Waals surface area contributed by atoms with E-state index in [0.717, 1.165) is 132 Å². The maximum absolute atomic E-state index is 9.44. The molecule has 6 heteroatoms. The zero-order valence-electron chi connectivity index (χ0n) is 61.2. The van der Waals surface area contributed by atoms with Crippen molar-refractivity contribution in [2.24, 2.45) is 0 Å². The molecular formula is C86H62N4O2. The summed E-state index contributed by atoms with van der Waals surface area (Å²) in [6.45, 7) is 13.4. The number of aromatic nitrogens is 2. The Morgan fingerprint density at radius 3 is 1.12 bits per heavy atom. The number of benzene rings is 13. The van der Waals surface area contributed by atoms with Crippen molar-refractivity contribution in [3.05, 3.63) is 278 Å². The second kappa shape index (κ2) is 19.1. The van der Waals surface area contributed by atoms with E-state index >= 15 is 0 Å². The number of fused-ring (bicyclic) bond motifs is 18. The molecule has 6 aromatic heterocycles. The highest BCUT2D eigenvalue weighted by Crippen LogP contribution is 2.55. The van der Waals surface area contributed by atoms with Crippen LogP contribution in [0.25, 0.3) is 142 Å². The van der Waals surface area contributed by atoms with Gasteiger partial charge in [0, 0.05) is 65.0 Å². The summed E-state index contributed by atoms with van der Waals surface area (Å²) in [7, 11) is 0. The van der Waals surface area contributed by atoms with Crippen LogP contribution in [0.2, 0.25) is 0 Å². The molecule has 6 heterocycles. The first kappa shape index (κ1) is 43.4. The summed E-state index contributed by atoms with van der Waals surface area (Å²) in [5, 5.41) is 11.5. The van der Waals surface area contributed by atoms with Gasteiger partial charge in [-0.3, -0.25) is 0 Å². The van der Waals surface area contributed by atoms with Crippen LogP contribution in [0.5, 0.6) is 0 Å². The number of furan rings is 2. The summed E-state index contributed by atoms with van der Waals surface area (Å²) in [5.41, 5.74) is 15.9. The second-order valence-corrected chi connectivity index (χ2v) is 26.4. The lowest BCUT2D eigenvalue weighted by atomic mass is 9.86. The molecule has 438 valence electrons. The highest BCUT2D eigenvalue weighted by molar-refractivity contribution is 6.33. The molecule has 13 aromatic carbocycles. The third kappa shape index (κ3) is 7.43. The molecule has 0 unspecified atom stereocenters. The second-order valence-electron chi connectivity index (χ2n) is 26.4. The zero-order chi connectivity index (χ0) is 70.2. The van der Waals surface area contributed by atoms with Crippen LogP contribution in [0.15, 0.2) is 276 Å². The van der Waals surface area contributed by atoms with Crippen molar-refractivity contribution in [3.8, 4) is 22.3 Å². The van der Waals surface area contributed by atoms with Gasteiger partial charge in [0.1, 0.15) is 22.3 Å². The summed E-state index contributed by atoms with van der Waals surface area (Å²) in [6, 6.07) is 66.6. The van der Waals surface area contributed by atoms with E-state index in [-0.39, 0.29) is 46.1 Å². The van der Waals surface area contributed by atoms with E-state index in [9.17, 15) is 5.48 Å². The summed E-state index contributed by atoms with van der Waals surface area (Å²) >= 11 is 0. The van der Waals surface area contributed by atoms with E-state index in [2.05, 4.69) is 157 Å². The Morgan fingerprint density at radius 2 is 0.685 bits per heavy atom. The van der Waals surface area contributed by atoms with E-state index in [4.69, 9.17) is 17.1 Å². The number of hydrogen-bond donors (Lipinski definition) is 0. The molecule has 19 aromatic rings. The van der Waals surface area contributed by atoms with E-state index in [1.165, 1.54) is 0 Å². The van der Waals surface area contributed by atoms with Crippen LogP contribution < -0.4 is 9.80 Å². The first-order chi connectivity index (χ1) is 49.1. The molecule has 0 fully saturated rings. The molecule has 0 aliphatic heterocycles. The average molecular weight is 1190 g/mol. The highest BCUT2D eigenvalue weighted by atomic mass is 16.3. The minimum atomic E-state index is -0.465. The van der Waals surface area contributed by atoms with Crippen LogP contribution in [0, 0.1) is 0 Å². The molecule has 0 N–H and O–H groups in total. The Bertz CT molecular complexity index is 6420. The van der Waals surface area contributed by atoms with Gasteiger partial charge < -0.3 is 27.4 Å². The van der Waals surface area contributed by atoms with Crippen molar-refractivity contribution in [1.29, 1.82) is 0 Å². The van der Waals surface area contributed by atoms with Crippen LogP contribution in [-0.2, 0) is 10.8 Å². The van der Waals surface area contributed by atoms with E-state index in [1.807, 2.05) is 109 Å². The maximum atomic E-state index is 9.44. The molecule has 0 saturated heterocycles. The Hall–Kier alpha value is -11.3. The Morgan fingerprint density at radius 1 is 0.304 bits per heavy atom. The van der Waals surface area contributed by atoms with Crippen molar-refractivity contribution in [1.82, 2.24) is 8.80 Å². The molecule has 0 spiro atoms. The monoisotopic (exact) mass is 1190 g/mol. The summed E-state index contributed by atoms with van der Waals surface area (Å²) in [6.07, 6.45) is 0. The fraction of sp³-hybridized carbons (Fsp3) is 0.0930. The predicted molar refractivity (Wildman–Crippen MR) is 388 cm³/mol. The highest BCUT2D eigenvalue weighted by Gasteiger charge is 2.32. The van der Waals surface area contributed by atoms with Crippen LogP contribution in [0.1, 0.15) is 66.4 Å². The third-order valence-corrected chi connectivity index (χ3v) is 19.2. The van der Waals surface area contributed by atoms with Gasteiger partial charge >= 0.3 is 0 Å². The lowest BCUT2D eigenvalue weighted by molar-refractivity contribution is 0.591. The molecule has 6 nitrogen and oxygen atoms in total. The molecule has 0 amide bonds. The van der Waals surface area contributed by atoms with Gasteiger partial charge in [-0.05, 0) is 130 Å². The van der Waals surface area contributed by atoms with Gasteiger partial charge in [0.15, 0.2) is 0 Å². The quantitative estimate of drug-likeness (QED) is 0.152. The fourth-order valence-corrected chi connectivity index (χ4v) is 15.1. The third-order valence-electron chi connectivity index (χ3n) is 19.2. The van der Waals surface area contributed by atoms with E-state index in [0.29, 0.717) is 44.8 Å². The molecule has 0 aliphatic rings. The Balaban J connectivity index is 0.934. The van der Waals surface area contributed by atoms with Gasteiger partial charge in [-0.2, -0.15) is 0 Å². The number of hydrogen-bond acceptors (Lipinski definition) is 4. The first-order valence-electron chi connectivity index (χ1n) is 36.2. The van der Waals surface area contributed by atoms with Crippen molar-refractivity contribution in [2.45, 2.75) is 52.4 Å². The van der Waals surface area contributed by atoms with Crippen LogP contribution in [0.4, 0.5) is 34.1 Å². The lowest BCUT2D eigenvalue weighted by Crippen LogP contribution is -2.12. The molecule has 0 saturated carbocycles. The smallest absolute Gasteiger partial charge is 0.137 e. The minimum absolute atomic E-state index is 0.0888. The largest absolute Gasteiger partial charge is 0.456 e. The van der Waals surface area contributed by atoms with Crippen LogP contribution >= 0.6 is 0 Å². The topological polar surface area (TPSA) is 41.6 Å². The minimum Gasteiger partial charge on any atom is -0.456 e. The number of para-hydroxylation sites is 4. The zero-order valence-corrected chi connectivity index (χ0v) is 51.2. The summed E-state index contributed by atoms with van der Waals surface area (Å²) in [5.74, 6) is 0. The Labute approximate surface area is 545 Å². The fourth-order valence-electron chi connectivity index (χ4n) is 15.1. The first-order valence-corrected chi connectivity index (χ1v) is 31.2. The van der Waals surface area contributed by atoms with E-state index in [1.54, 1.807) is 0 Å². The van der Waals surface area contributed by atoms with Crippen molar-refractivity contribution < 1.29 is 22.5 Å². The van der Waals surface area contributed by atoms with Gasteiger partial charge in [0.05, 0.1) is 91.7 Å². The molecule has 0 bridgehead atoms. The van der Waals surface area contributed by atoms with E-state index < -0.39 is 36.3 Å². The molecular weight excluding hydrogens is 1120 g/mol. The van der Waals surface area contributed by atoms with Crippen LogP contribution in [0.3, 0.4) is 0 Å². The van der Waals surface area contributed by atoms with Gasteiger partial charge in [-0.15, -0.1) is 0 Å². The van der Waals surface area contributed by atoms with Crippen molar-refractivity contribution >= 4 is 154 Å². The summed E-state index contributed by atoms with van der Waals surface area (Å²) in [4.78, 5) is 4.42. The predicted octanol–water partition coefficient (Wildman–Crippen LogP) is 24.7. The van der Waals surface area contributed by atoms with Crippen LogP contribution in [-0.4, -0.2) is 8.80 Å². The average Bonchev–Trinajstić information content (AvgIpc) is 1.51. The van der Waals surface area contributed by atoms with Gasteiger partial charge in [-0.1, -0.05) is 211 Å². The number of anilines is 6. The molecule has 0 radical (unpaired) electrons. The van der Waals surface area contributed by atoms with Gasteiger partial charge in [0.25, 0.3) is 0 Å². The van der Waals surface area contributed by atoms with Gasteiger partial charge in [-0.25, -0.2) is 0 Å². The number of nitrogens with zero attached hydrogens (tertiary/aromatic N) is 4. The van der Waals surface area contributed by atoms with Gasteiger partial charge in [0.2, 0.25) is 0 Å². The normalized spacial score (nSPS) is 14.2. The maximum Gasteiger partial charge on any atom is 0.137 e. The van der Waals surface area contributed by atoms with Crippen molar-refractivity contribution in [3.63, 3.8) is 0 Å². The molecule has 19 rings (SSSR count). The standard InChI is InChI=1S/C86H62N4O2/c1-85(2,3)53-39-43-67-63(47-53)81-71(87(65-31-17-13-27-55(65)51-23-9-7-10-24-51)69-33-21-37-77-79(69)59-29-15-19-35-75(59)91-77)45-41-57-61-50-74-62(49-73(61)89(67)83(57)81)58-42-46-72(82-64-48-54(86(4,5)6)40-44-68(64)90(74)84(58)82)88(66-32-18-14-28-56(66)52-25-11-8-12-26-52)70-34-22-38-78-80(70)60-30-16-20-36-76(60)92-78/h7-50H,1-6H3/i7D,8D,9D,10D,11D,12D,23D,24D,25D,26D. The summed E-state index contributed by atoms with van der Waals surface area (Å²) < 4.78 is 109. The lowest BCUT2D eigenvalue weighted by Gasteiger charge is -2.29. The Kier molecular flexibility index (Phi) is 9.00. The SMILES string of the molecule is [2H]c1c([2H])c([2H])c(-c2ccccc2N(c2cccc3oc4ccccc4c23)c2ccc3c4cc5c(cc4n4c6ccc(C(C)(C)C)cc6c2c34)c2ccc(N(c3ccccc3-c3c([2H])c([2H])c([2H])c([2H])c3[2H])c3cccc4oc6ccccc6c34)c3c4cc(C(C)(C)C)ccc4n5c23)c([2H])c1[2H]. The molecule has 92 heavy (non-hydrogen) atoms. The van der Waals surface area contributed by atoms with Crippen molar-refractivity contribution in [2.75, 3.05) is 9.80 Å².